The number of nitrogens with two attached hydrogens (primary N) is 1. The summed E-state index contributed by atoms with van der Waals surface area (Å²) in [6, 6.07) is 0. The average Bonchev–Trinajstić information content (AvgIpc) is 2.55. The van der Waals surface area contributed by atoms with Crippen LogP contribution >= 0.6 is 0 Å². The van der Waals surface area contributed by atoms with Crippen molar-refractivity contribution in [1.82, 2.24) is 5.32 Å². The molecule has 0 bridgehead atoms. The Morgan fingerprint density at radius 2 is 2.16 bits per heavy atom. The van der Waals surface area contributed by atoms with Crippen LogP contribution in [-0.2, 0) is 9.45 Å². The predicted molar refractivity (Wildman–Crippen MR) is 74.2 cm³/mol. The second-order valence-electron chi connectivity index (χ2n) is 5.70. The van der Waals surface area contributed by atoms with Gasteiger partial charge in [0.15, 0.2) is 0 Å². The van der Waals surface area contributed by atoms with Gasteiger partial charge in [-0.05, 0) is 19.3 Å². The Morgan fingerprint density at radius 3 is 2.89 bits per heavy atom. The molecule has 6 heteroatoms. The van der Waals surface area contributed by atoms with Gasteiger partial charge in [0.05, 0.1) is 5.94 Å². The van der Waals surface area contributed by atoms with Crippen molar-refractivity contribution >= 4 is 13.0 Å². The molecule has 19 heavy (non-hydrogen) atoms. The van der Waals surface area contributed by atoms with Crippen LogP contribution in [0.3, 0.4) is 0 Å². The van der Waals surface area contributed by atoms with E-state index in [0.29, 0.717) is 19.4 Å². The Kier molecular flexibility index (Phi) is 5.02. The molecule has 0 radical (unpaired) electrons. The maximum absolute atomic E-state index is 12.1. The average molecular weight is 266 g/mol. The maximum Gasteiger partial charge on any atom is 0.478 e. The zero-order valence-electron chi connectivity index (χ0n) is 11.3. The molecular formula is C13H23BN2O3. The van der Waals surface area contributed by atoms with E-state index in [1.165, 1.54) is 6.42 Å². The Balaban J connectivity index is 1.84. The highest BCUT2D eigenvalue weighted by atomic mass is 16.5. The minimum atomic E-state index is -0.945. The highest BCUT2D eigenvalue weighted by molar-refractivity contribution is 6.45. The summed E-state index contributed by atoms with van der Waals surface area (Å²) in [5.41, 5.74) is 5.90. The van der Waals surface area contributed by atoms with Crippen molar-refractivity contribution in [2.45, 2.75) is 56.4 Å². The van der Waals surface area contributed by atoms with Crippen LogP contribution in [0.4, 0.5) is 0 Å². The van der Waals surface area contributed by atoms with Crippen molar-refractivity contribution in [2.75, 3.05) is 6.61 Å². The summed E-state index contributed by atoms with van der Waals surface area (Å²) in [6.07, 6.45) is 9.91. The molecule has 0 aromatic heterocycles. The molecule has 0 saturated heterocycles. The first-order chi connectivity index (χ1) is 9.09. The molecule has 0 aromatic rings. The second-order valence-corrected chi connectivity index (χ2v) is 5.70. The number of amides is 1. The fraction of sp³-hybridized carbons (Fsp3) is 0.769. The summed E-state index contributed by atoms with van der Waals surface area (Å²) >= 11 is 0. The first-order valence-electron chi connectivity index (χ1n) is 7.12. The van der Waals surface area contributed by atoms with Gasteiger partial charge < -0.3 is 20.7 Å². The highest BCUT2D eigenvalue weighted by Gasteiger charge is 2.33. The second kappa shape index (κ2) is 6.54. The van der Waals surface area contributed by atoms with E-state index in [-0.39, 0.29) is 17.4 Å². The van der Waals surface area contributed by atoms with Crippen LogP contribution in [0.1, 0.15) is 44.9 Å². The van der Waals surface area contributed by atoms with Crippen molar-refractivity contribution in [2.24, 2.45) is 5.73 Å². The first kappa shape index (κ1) is 14.6. The van der Waals surface area contributed by atoms with E-state index in [1.807, 2.05) is 12.2 Å². The maximum atomic E-state index is 12.1. The normalized spacial score (nSPS) is 26.8. The first-order valence-corrected chi connectivity index (χ1v) is 7.12. The van der Waals surface area contributed by atoms with Crippen molar-refractivity contribution in [3.05, 3.63) is 12.2 Å². The van der Waals surface area contributed by atoms with Crippen molar-refractivity contribution < 1.29 is 14.5 Å². The molecule has 0 spiro atoms. The van der Waals surface area contributed by atoms with E-state index < -0.39 is 7.12 Å². The summed E-state index contributed by atoms with van der Waals surface area (Å²) in [5.74, 6) is -0.467. The smallest absolute Gasteiger partial charge is 0.426 e. The largest absolute Gasteiger partial charge is 0.478 e. The molecule has 1 fully saturated rings. The third-order valence-corrected chi connectivity index (χ3v) is 3.97. The van der Waals surface area contributed by atoms with E-state index in [0.717, 1.165) is 25.7 Å². The molecule has 2 aliphatic rings. The van der Waals surface area contributed by atoms with Gasteiger partial charge in [-0.2, -0.15) is 0 Å². The summed E-state index contributed by atoms with van der Waals surface area (Å²) in [4.78, 5) is 12.1. The molecule has 1 saturated carbocycles. The van der Waals surface area contributed by atoms with Gasteiger partial charge in [0.25, 0.3) is 0 Å². The van der Waals surface area contributed by atoms with Gasteiger partial charge in [0.2, 0.25) is 5.91 Å². The van der Waals surface area contributed by atoms with Gasteiger partial charge in [0, 0.05) is 18.6 Å². The highest BCUT2D eigenvalue weighted by Crippen LogP contribution is 2.28. The number of hydrogen-bond donors (Lipinski definition) is 3. The third kappa shape index (κ3) is 4.33. The molecule has 1 atom stereocenters. The van der Waals surface area contributed by atoms with Gasteiger partial charge in [-0.25, -0.2) is 0 Å². The zero-order valence-corrected chi connectivity index (χ0v) is 11.3. The topological polar surface area (TPSA) is 84.6 Å². The molecule has 2 rings (SSSR count). The summed E-state index contributed by atoms with van der Waals surface area (Å²) < 4.78 is 5.15. The molecule has 106 valence electrons. The van der Waals surface area contributed by atoms with Gasteiger partial charge >= 0.3 is 7.12 Å². The molecule has 1 amide bonds. The minimum absolute atomic E-state index is 0.0904. The van der Waals surface area contributed by atoms with E-state index in [9.17, 15) is 9.82 Å². The van der Waals surface area contributed by atoms with Crippen LogP contribution in [0.5, 0.6) is 0 Å². The van der Waals surface area contributed by atoms with Gasteiger partial charge in [0.1, 0.15) is 0 Å². The molecule has 0 aromatic carbocycles. The monoisotopic (exact) mass is 266 g/mol. The van der Waals surface area contributed by atoms with E-state index in [1.54, 1.807) is 0 Å². The quantitative estimate of drug-likeness (QED) is 0.513. The van der Waals surface area contributed by atoms with Crippen LogP contribution in [0.15, 0.2) is 12.2 Å². The van der Waals surface area contributed by atoms with E-state index >= 15 is 0 Å². The molecule has 1 aliphatic carbocycles. The Labute approximate surface area is 114 Å². The van der Waals surface area contributed by atoms with Crippen molar-refractivity contribution in [3.63, 3.8) is 0 Å². The molecule has 1 heterocycles. The lowest BCUT2D eigenvalue weighted by atomic mass is 9.76. The van der Waals surface area contributed by atoms with Crippen molar-refractivity contribution in [1.29, 1.82) is 0 Å². The lowest BCUT2D eigenvalue weighted by molar-refractivity contribution is -0.123. The fourth-order valence-corrected chi connectivity index (χ4v) is 2.84. The summed E-state index contributed by atoms with van der Waals surface area (Å²) in [6.45, 7) is 0.383. The molecular weight excluding hydrogens is 243 g/mol. The number of rotatable bonds is 3. The van der Waals surface area contributed by atoms with Crippen LogP contribution < -0.4 is 11.1 Å². The lowest BCUT2D eigenvalue weighted by Gasteiger charge is -2.33. The molecule has 1 aliphatic heterocycles. The van der Waals surface area contributed by atoms with E-state index in [2.05, 4.69) is 5.32 Å². The Bertz CT molecular complexity index is 343. The minimum Gasteiger partial charge on any atom is -0.426 e. The zero-order chi connectivity index (χ0) is 13.7. The number of nitrogens with one attached hydrogen (secondary N) is 1. The number of carbonyl (C=O) groups is 1. The molecule has 4 N–H and O–H groups in total. The van der Waals surface area contributed by atoms with Crippen LogP contribution in [-0.4, -0.2) is 36.1 Å². The van der Waals surface area contributed by atoms with Crippen LogP contribution in [0.2, 0.25) is 0 Å². The molecule has 5 nitrogen and oxygen atoms in total. The summed E-state index contributed by atoms with van der Waals surface area (Å²) in [7, 11) is -0.945. The van der Waals surface area contributed by atoms with E-state index in [4.69, 9.17) is 10.4 Å². The predicted octanol–water partition coefficient (Wildman–Crippen LogP) is 0.519. The third-order valence-electron chi connectivity index (χ3n) is 3.97. The number of hydrogen-bond acceptors (Lipinski definition) is 4. The fourth-order valence-electron chi connectivity index (χ4n) is 2.84. The Hall–Kier alpha value is -0.845. The van der Waals surface area contributed by atoms with Gasteiger partial charge in [-0.3, -0.25) is 4.79 Å². The van der Waals surface area contributed by atoms with Crippen LogP contribution in [0.25, 0.3) is 0 Å². The summed E-state index contributed by atoms with van der Waals surface area (Å²) in [5, 5.41) is 12.6. The number of carbonyl (C=O) groups excluding carboxylic acids is 1. The van der Waals surface area contributed by atoms with Crippen LogP contribution in [0, 0.1) is 0 Å². The lowest BCUT2D eigenvalue weighted by Crippen LogP contribution is -2.51. The standard InChI is InChI=1S/C13H23BN2O3/c15-13(7-3-1-4-8-13)10-12(17)16-11-6-2-5-9-19-14(11)18/h2,5,11,18H,1,3-4,6-10,15H2,(H,16,17). The van der Waals surface area contributed by atoms with Gasteiger partial charge in [-0.15, -0.1) is 0 Å². The van der Waals surface area contributed by atoms with Gasteiger partial charge in [-0.1, -0.05) is 31.4 Å². The SMILES string of the molecule is NC1(CC(=O)NC2CC=CCOB2O)CCCCC1. The van der Waals surface area contributed by atoms with Crippen molar-refractivity contribution in [3.8, 4) is 0 Å². The Morgan fingerprint density at radius 1 is 1.42 bits per heavy atom. The molecule has 1 unspecified atom stereocenters.